The number of halogens is 6. The Morgan fingerprint density at radius 3 is 0.867 bits per heavy atom. The number of hydrogen-bond acceptors (Lipinski definition) is 0. The van der Waals surface area contributed by atoms with Crippen LogP contribution in [-0.2, 0) is 22.7 Å². The topological polar surface area (TPSA) is 0 Å². The van der Waals surface area contributed by atoms with E-state index in [4.69, 9.17) is 0 Å². The maximum atomic E-state index is 15.5. The molecule has 5 aromatic rings. The molecule has 45 heavy (non-hydrogen) atoms. The summed E-state index contributed by atoms with van der Waals surface area (Å²) in [7, 11) is 0. The van der Waals surface area contributed by atoms with Gasteiger partial charge in [0.1, 0.15) is 0 Å². The average molecular weight is 605 g/mol. The fraction of sp³-hybridized carbons (Fsp3) is 0.128. The summed E-state index contributed by atoms with van der Waals surface area (Å²) >= 11 is 0. The van der Waals surface area contributed by atoms with Gasteiger partial charge in [-0.2, -0.15) is 26.3 Å². The van der Waals surface area contributed by atoms with E-state index in [-0.39, 0.29) is 0 Å². The highest BCUT2D eigenvalue weighted by Crippen LogP contribution is 2.74. The molecule has 0 nitrogen and oxygen atoms in total. The van der Waals surface area contributed by atoms with Crippen LogP contribution in [0.3, 0.4) is 0 Å². The molecule has 0 N–H and O–H groups in total. The Morgan fingerprint density at radius 1 is 0.311 bits per heavy atom. The monoisotopic (exact) mass is 604 g/mol. The second kappa shape index (κ2) is 8.25. The third-order valence-electron chi connectivity index (χ3n) is 10.3. The van der Waals surface area contributed by atoms with Crippen LogP contribution in [0.2, 0.25) is 0 Å². The first kappa shape index (κ1) is 26.6. The number of rotatable bonds is 0. The molecule has 2 spiro atoms. The molecule has 220 valence electrons. The number of hydrogen-bond donors (Lipinski definition) is 0. The molecule has 0 fully saturated rings. The molecule has 0 atom stereocenters. The fourth-order valence-corrected chi connectivity index (χ4v) is 8.59. The van der Waals surface area contributed by atoms with Crippen LogP contribution >= 0.6 is 0 Å². The second-order valence-corrected chi connectivity index (χ2v) is 12.2. The molecule has 0 saturated heterocycles. The number of fused-ring (bicyclic) bond motifs is 13. The molecule has 0 amide bonds. The van der Waals surface area contributed by atoms with E-state index in [0.717, 1.165) is 56.6 Å². The van der Waals surface area contributed by atoms with Gasteiger partial charge in [-0.1, -0.05) is 121 Å². The van der Waals surface area contributed by atoms with Crippen molar-refractivity contribution in [3.63, 3.8) is 0 Å². The summed E-state index contributed by atoms with van der Waals surface area (Å²) < 4.78 is 92.0. The molecule has 0 aromatic heterocycles. The van der Waals surface area contributed by atoms with Gasteiger partial charge in [-0.15, -0.1) is 0 Å². The van der Waals surface area contributed by atoms with Gasteiger partial charge < -0.3 is 0 Å². The van der Waals surface area contributed by atoms with Gasteiger partial charge >= 0.3 is 17.8 Å². The molecular weight excluding hydrogens is 582 g/mol. The van der Waals surface area contributed by atoms with Crippen molar-refractivity contribution in [2.24, 2.45) is 0 Å². The van der Waals surface area contributed by atoms with E-state index in [1.165, 1.54) is 0 Å². The zero-order valence-corrected chi connectivity index (χ0v) is 23.5. The summed E-state index contributed by atoms with van der Waals surface area (Å²) in [6.07, 6.45) is 7.86. The molecule has 0 radical (unpaired) electrons. The quantitative estimate of drug-likeness (QED) is 0.154. The molecule has 5 aromatic carbocycles. The Bertz CT molecular complexity index is 1920. The highest BCUT2D eigenvalue weighted by molar-refractivity contribution is 5.91. The molecule has 4 aliphatic carbocycles. The lowest BCUT2D eigenvalue weighted by atomic mass is 9.37. The first-order chi connectivity index (χ1) is 21.6. The van der Waals surface area contributed by atoms with Crippen LogP contribution in [-0.4, -0.2) is 5.92 Å². The predicted octanol–water partition coefficient (Wildman–Crippen LogP) is 10.2. The standard InChI is InChI=1S/C39H22F6/c40-37(41)33-21-31-32(22-34(33)38(42,43)39(37,44)45)36(29-15-7-3-11-25(29)19-20-26-12-4-8-16-30(26)36)35(31)27-13-5-1-9-23(27)17-18-24-10-2-6-14-28(24)35/h1-22H. The van der Waals surface area contributed by atoms with Crippen molar-refractivity contribution in [3.05, 3.63) is 176 Å². The minimum atomic E-state index is -5.59. The zero-order valence-electron chi connectivity index (χ0n) is 23.5. The summed E-state index contributed by atoms with van der Waals surface area (Å²) in [5.41, 5.74) is 1.76. The average Bonchev–Trinajstić information content (AvgIpc) is 3.24. The van der Waals surface area contributed by atoms with E-state index in [1.807, 2.05) is 121 Å². The van der Waals surface area contributed by atoms with Gasteiger partial charge in [0.15, 0.2) is 0 Å². The van der Waals surface area contributed by atoms with E-state index in [1.54, 1.807) is 0 Å². The largest absolute Gasteiger partial charge is 0.380 e. The summed E-state index contributed by atoms with van der Waals surface area (Å²) in [4.78, 5) is 0. The van der Waals surface area contributed by atoms with E-state index in [9.17, 15) is 0 Å². The molecule has 0 aliphatic heterocycles. The normalized spacial score (nSPS) is 20.5. The van der Waals surface area contributed by atoms with Gasteiger partial charge in [0.05, 0.1) is 10.8 Å². The first-order valence-electron chi connectivity index (χ1n) is 14.7. The van der Waals surface area contributed by atoms with Crippen molar-refractivity contribution in [1.29, 1.82) is 0 Å². The van der Waals surface area contributed by atoms with Crippen LogP contribution in [0.4, 0.5) is 26.3 Å². The molecule has 0 bridgehead atoms. The Hall–Kier alpha value is -4.84. The second-order valence-electron chi connectivity index (χ2n) is 12.2. The molecule has 0 heterocycles. The van der Waals surface area contributed by atoms with Crippen LogP contribution in [0, 0.1) is 0 Å². The van der Waals surface area contributed by atoms with E-state index in [0.29, 0.717) is 11.1 Å². The Kier molecular flexibility index (Phi) is 4.87. The van der Waals surface area contributed by atoms with Crippen molar-refractivity contribution in [2.45, 2.75) is 28.6 Å². The number of benzene rings is 5. The minimum Gasteiger partial charge on any atom is -0.194 e. The van der Waals surface area contributed by atoms with Crippen molar-refractivity contribution in [1.82, 2.24) is 0 Å². The van der Waals surface area contributed by atoms with Crippen molar-refractivity contribution < 1.29 is 26.3 Å². The van der Waals surface area contributed by atoms with Crippen LogP contribution in [0.25, 0.3) is 24.3 Å². The van der Waals surface area contributed by atoms with Crippen LogP contribution in [0.15, 0.2) is 109 Å². The van der Waals surface area contributed by atoms with E-state index in [2.05, 4.69) is 0 Å². The van der Waals surface area contributed by atoms with E-state index >= 15 is 26.3 Å². The van der Waals surface area contributed by atoms with E-state index < -0.39 is 39.7 Å². The highest BCUT2D eigenvalue weighted by atomic mass is 19.3. The van der Waals surface area contributed by atoms with Gasteiger partial charge in [-0.25, -0.2) is 0 Å². The number of alkyl halides is 6. The van der Waals surface area contributed by atoms with Gasteiger partial charge in [0.2, 0.25) is 0 Å². The Morgan fingerprint density at radius 2 is 0.578 bits per heavy atom. The third-order valence-corrected chi connectivity index (χ3v) is 10.3. The maximum Gasteiger partial charge on any atom is 0.380 e. The zero-order chi connectivity index (χ0) is 31.0. The third kappa shape index (κ3) is 2.75. The van der Waals surface area contributed by atoms with Gasteiger partial charge in [-0.3, -0.25) is 0 Å². The summed E-state index contributed by atoms with van der Waals surface area (Å²) in [6.45, 7) is 0. The fourth-order valence-electron chi connectivity index (χ4n) is 8.59. The summed E-state index contributed by atoms with van der Waals surface area (Å²) in [5.74, 6) is -15.7. The summed E-state index contributed by atoms with van der Waals surface area (Å²) in [5, 5.41) is 0. The minimum absolute atomic E-state index is 0.310. The molecule has 9 rings (SSSR count). The highest BCUT2D eigenvalue weighted by Gasteiger charge is 2.80. The Balaban J connectivity index is 1.57. The first-order valence-corrected chi connectivity index (χ1v) is 14.7. The maximum absolute atomic E-state index is 15.5. The van der Waals surface area contributed by atoms with Crippen molar-refractivity contribution >= 4 is 24.3 Å². The Labute approximate surface area is 255 Å². The SMILES string of the molecule is FC1(F)c2cc3c(cc2C(F)(F)C1(F)F)C1(c2ccccc2C=Cc2ccccc21)C31c2ccccc2C=Cc2ccccc21. The van der Waals surface area contributed by atoms with Crippen molar-refractivity contribution in [3.8, 4) is 0 Å². The van der Waals surface area contributed by atoms with Gasteiger partial charge in [0, 0.05) is 11.1 Å². The smallest absolute Gasteiger partial charge is 0.194 e. The van der Waals surface area contributed by atoms with Gasteiger partial charge in [-0.05, 0) is 67.8 Å². The molecule has 0 unspecified atom stereocenters. The lowest BCUT2D eigenvalue weighted by Crippen LogP contribution is -2.62. The molecule has 6 heteroatoms. The molecular formula is C39H22F6. The van der Waals surface area contributed by atoms with Crippen LogP contribution in [0.5, 0.6) is 0 Å². The van der Waals surface area contributed by atoms with Crippen LogP contribution < -0.4 is 0 Å². The summed E-state index contributed by atoms with van der Waals surface area (Å²) in [6, 6.07) is 32.4. The lowest BCUT2D eigenvalue weighted by Gasteiger charge is -2.63. The molecule has 4 aliphatic rings. The van der Waals surface area contributed by atoms with Crippen molar-refractivity contribution in [2.75, 3.05) is 0 Å². The van der Waals surface area contributed by atoms with Gasteiger partial charge in [0.25, 0.3) is 0 Å². The molecule has 0 saturated carbocycles. The predicted molar refractivity (Wildman–Crippen MR) is 163 cm³/mol. The van der Waals surface area contributed by atoms with Crippen LogP contribution in [0.1, 0.15) is 66.8 Å². The lowest BCUT2D eigenvalue weighted by molar-refractivity contribution is -0.302.